The molecule has 0 aliphatic heterocycles. The lowest BCUT2D eigenvalue weighted by Crippen LogP contribution is -2.18. The van der Waals surface area contributed by atoms with Gasteiger partial charge in [0.25, 0.3) is 0 Å². The Balaban J connectivity index is 1.92. The summed E-state index contributed by atoms with van der Waals surface area (Å²) in [4.78, 5) is 11.9. The second-order valence-electron chi connectivity index (χ2n) is 4.84. The third kappa shape index (κ3) is 3.42. The van der Waals surface area contributed by atoms with Gasteiger partial charge in [0.1, 0.15) is 5.75 Å². The molecule has 0 saturated heterocycles. The molecule has 0 unspecified atom stereocenters. The fraction of sp³-hybridized carbons (Fsp3) is 0.500. The van der Waals surface area contributed by atoms with Gasteiger partial charge in [-0.2, -0.15) is 12.6 Å². The van der Waals surface area contributed by atoms with Crippen molar-refractivity contribution in [2.45, 2.75) is 26.2 Å². The van der Waals surface area contributed by atoms with E-state index in [4.69, 9.17) is 4.74 Å². The van der Waals surface area contributed by atoms with Crippen molar-refractivity contribution >= 4 is 24.2 Å². The average molecular weight is 265 g/mol. The predicted octanol–water partition coefficient (Wildman–Crippen LogP) is 3.12. The van der Waals surface area contributed by atoms with Gasteiger partial charge in [0, 0.05) is 18.2 Å². The lowest BCUT2D eigenvalue weighted by molar-refractivity contribution is -0.117. The number of amides is 1. The Morgan fingerprint density at radius 1 is 1.50 bits per heavy atom. The van der Waals surface area contributed by atoms with Crippen LogP contribution < -0.4 is 10.1 Å². The predicted molar refractivity (Wildman–Crippen MR) is 76.4 cm³/mol. The molecule has 4 heteroatoms. The van der Waals surface area contributed by atoms with E-state index in [0.717, 1.165) is 30.0 Å². The normalized spacial score (nSPS) is 16.1. The van der Waals surface area contributed by atoms with Crippen LogP contribution in [-0.4, -0.2) is 18.3 Å². The molecule has 1 aromatic carbocycles. The standard InChI is InChI=1S/C14H19NO2S/c1-2-17-12-5-3-4-11(8-12)15-13(16)9-14(10-18)6-7-14/h3-5,8,18H,2,6-7,9-10H2,1H3,(H,15,16). The van der Waals surface area contributed by atoms with E-state index in [-0.39, 0.29) is 11.3 Å². The van der Waals surface area contributed by atoms with Crippen LogP contribution in [0.15, 0.2) is 24.3 Å². The number of hydrogen-bond donors (Lipinski definition) is 2. The van der Waals surface area contributed by atoms with Crippen molar-refractivity contribution in [3.8, 4) is 5.75 Å². The van der Waals surface area contributed by atoms with Crippen LogP contribution >= 0.6 is 12.6 Å². The minimum Gasteiger partial charge on any atom is -0.494 e. The highest BCUT2D eigenvalue weighted by Gasteiger charge is 2.42. The summed E-state index contributed by atoms with van der Waals surface area (Å²) < 4.78 is 5.40. The highest BCUT2D eigenvalue weighted by Crippen LogP contribution is 2.49. The van der Waals surface area contributed by atoms with Crippen LogP contribution in [0.3, 0.4) is 0 Å². The maximum Gasteiger partial charge on any atom is 0.224 e. The van der Waals surface area contributed by atoms with Gasteiger partial charge in [-0.1, -0.05) is 6.07 Å². The molecule has 1 N–H and O–H groups in total. The number of thiol groups is 1. The number of hydrogen-bond acceptors (Lipinski definition) is 3. The Labute approximate surface area is 113 Å². The Morgan fingerprint density at radius 3 is 2.89 bits per heavy atom. The molecule has 0 radical (unpaired) electrons. The monoisotopic (exact) mass is 265 g/mol. The summed E-state index contributed by atoms with van der Waals surface area (Å²) in [5.41, 5.74) is 0.950. The number of benzene rings is 1. The highest BCUT2D eigenvalue weighted by atomic mass is 32.1. The first-order chi connectivity index (χ1) is 8.67. The Morgan fingerprint density at radius 2 is 2.28 bits per heavy atom. The van der Waals surface area contributed by atoms with Gasteiger partial charge >= 0.3 is 0 Å². The number of carbonyl (C=O) groups excluding carboxylic acids is 1. The van der Waals surface area contributed by atoms with Crippen LogP contribution in [0.25, 0.3) is 0 Å². The first-order valence-electron chi connectivity index (χ1n) is 6.31. The molecule has 0 heterocycles. The number of nitrogens with one attached hydrogen (secondary N) is 1. The number of rotatable bonds is 6. The van der Waals surface area contributed by atoms with Crippen molar-refractivity contribution in [2.24, 2.45) is 5.41 Å². The van der Waals surface area contributed by atoms with Gasteiger partial charge in [-0.05, 0) is 43.1 Å². The van der Waals surface area contributed by atoms with Gasteiger partial charge in [-0.25, -0.2) is 0 Å². The summed E-state index contributed by atoms with van der Waals surface area (Å²) in [5.74, 6) is 1.64. The molecule has 1 aromatic rings. The van der Waals surface area contributed by atoms with Gasteiger partial charge in [0.05, 0.1) is 6.61 Å². The topological polar surface area (TPSA) is 38.3 Å². The van der Waals surface area contributed by atoms with Crippen molar-refractivity contribution in [1.82, 2.24) is 0 Å². The van der Waals surface area contributed by atoms with Gasteiger partial charge in [-0.3, -0.25) is 4.79 Å². The molecule has 0 atom stereocenters. The maximum absolute atomic E-state index is 11.9. The molecule has 1 aliphatic rings. The van der Waals surface area contributed by atoms with Crippen molar-refractivity contribution in [3.63, 3.8) is 0 Å². The molecule has 0 spiro atoms. The van der Waals surface area contributed by atoms with Crippen LogP contribution in [0.4, 0.5) is 5.69 Å². The van der Waals surface area contributed by atoms with Gasteiger partial charge in [-0.15, -0.1) is 0 Å². The minimum absolute atomic E-state index is 0.0650. The molecule has 0 bridgehead atoms. The molecule has 1 fully saturated rings. The summed E-state index contributed by atoms with van der Waals surface area (Å²) in [7, 11) is 0. The third-order valence-electron chi connectivity index (χ3n) is 3.26. The number of carbonyl (C=O) groups is 1. The Kier molecular flexibility index (Phi) is 4.17. The van der Waals surface area contributed by atoms with Crippen LogP contribution in [0.1, 0.15) is 26.2 Å². The quantitative estimate of drug-likeness (QED) is 0.776. The first kappa shape index (κ1) is 13.3. The first-order valence-corrected chi connectivity index (χ1v) is 6.94. The lowest BCUT2D eigenvalue weighted by Gasteiger charge is -2.12. The molecular weight excluding hydrogens is 246 g/mol. The van der Waals surface area contributed by atoms with Crippen LogP contribution in [0.5, 0.6) is 5.75 Å². The zero-order valence-electron chi connectivity index (χ0n) is 10.6. The lowest BCUT2D eigenvalue weighted by atomic mass is 10.1. The fourth-order valence-corrected chi connectivity index (χ4v) is 2.37. The Hall–Kier alpha value is -1.16. The largest absolute Gasteiger partial charge is 0.494 e. The maximum atomic E-state index is 11.9. The summed E-state index contributed by atoms with van der Waals surface area (Å²) in [5, 5.41) is 2.92. The van der Waals surface area contributed by atoms with Crippen molar-refractivity contribution in [3.05, 3.63) is 24.3 Å². The van der Waals surface area contributed by atoms with Crippen LogP contribution in [0, 0.1) is 5.41 Å². The highest BCUT2D eigenvalue weighted by molar-refractivity contribution is 7.80. The van der Waals surface area contributed by atoms with E-state index >= 15 is 0 Å². The molecule has 98 valence electrons. The summed E-state index contributed by atoms with van der Waals surface area (Å²) in [6.07, 6.45) is 2.79. The molecule has 1 amide bonds. The molecule has 18 heavy (non-hydrogen) atoms. The summed E-state index contributed by atoms with van der Waals surface area (Å²) >= 11 is 4.31. The number of ether oxygens (including phenoxy) is 1. The second kappa shape index (κ2) is 5.65. The molecule has 2 rings (SSSR count). The molecule has 1 saturated carbocycles. The van der Waals surface area contributed by atoms with E-state index in [1.165, 1.54) is 0 Å². The fourth-order valence-electron chi connectivity index (χ4n) is 1.94. The second-order valence-corrected chi connectivity index (χ2v) is 5.16. The van der Waals surface area contributed by atoms with Crippen molar-refractivity contribution in [1.29, 1.82) is 0 Å². The zero-order valence-corrected chi connectivity index (χ0v) is 11.5. The molecule has 3 nitrogen and oxygen atoms in total. The van der Waals surface area contributed by atoms with Gasteiger partial charge in [0.15, 0.2) is 0 Å². The Bertz CT molecular complexity index is 430. The molecule has 1 aliphatic carbocycles. The van der Waals surface area contributed by atoms with Gasteiger partial charge < -0.3 is 10.1 Å². The van der Waals surface area contributed by atoms with E-state index in [1.807, 2.05) is 31.2 Å². The van der Waals surface area contributed by atoms with E-state index in [2.05, 4.69) is 17.9 Å². The zero-order chi connectivity index (χ0) is 13.0. The van der Waals surface area contributed by atoms with Crippen LogP contribution in [-0.2, 0) is 4.79 Å². The summed E-state index contributed by atoms with van der Waals surface area (Å²) in [6, 6.07) is 7.49. The van der Waals surface area contributed by atoms with E-state index in [0.29, 0.717) is 13.0 Å². The van der Waals surface area contributed by atoms with Crippen molar-refractivity contribution in [2.75, 3.05) is 17.7 Å². The SMILES string of the molecule is CCOc1cccc(NC(=O)CC2(CS)CC2)c1. The molecule has 0 aromatic heterocycles. The van der Waals surface area contributed by atoms with E-state index in [1.54, 1.807) is 0 Å². The van der Waals surface area contributed by atoms with E-state index < -0.39 is 0 Å². The summed E-state index contributed by atoms with van der Waals surface area (Å²) in [6.45, 7) is 2.56. The average Bonchev–Trinajstić information content (AvgIpc) is 3.10. The minimum atomic E-state index is 0.0650. The third-order valence-corrected chi connectivity index (χ3v) is 3.93. The molecular formula is C14H19NO2S. The van der Waals surface area contributed by atoms with Crippen LogP contribution in [0.2, 0.25) is 0 Å². The van der Waals surface area contributed by atoms with E-state index in [9.17, 15) is 4.79 Å². The smallest absolute Gasteiger partial charge is 0.224 e. The number of anilines is 1. The van der Waals surface area contributed by atoms with Gasteiger partial charge in [0.2, 0.25) is 5.91 Å². The van der Waals surface area contributed by atoms with Crippen molar-refractivity contribution < 1.29 is 9.53 Å².